The van der Waals surface area contributed by atoms with Gasteiger partial charge in [0.15, 0.2) is 17.5 Å². The first-order chi connectivity index (χ1) is 18.0. The van der Waals surface area contributed by atoms with Gasteiger partial charge in [0.05, 0.1) is 7.05 Å². The van der Waals surface area contributed by atoms with E-state index in [1.54, 1.807) is 0 Å². The monoisotopic (exact) mass is 489 g/mol. The molecule has 2 atom stereocenters. The number of para-hydroxylation sites is 1. The van der Waals surface area contributed by atoms with E-state index in [1.165, 1.54) is 0 Å². The molecule has 0 aromatic heterocycles. The van der Waals surface area contributed by atoms with Gasteiger partial charge in [0.2, 0.25) is 12.5 Å². The van der Waals surface area contributed by atoms with Crippen molar-refractivity contribution in [3.8, 4) is 11.5 Å². The second-order valence-electron chi connectivity index (χ2n) is 9.99. The standard InChI is InChI=1S/C31H24N2O4/c1-33(29(20-10-4-2-5-11-20)21-12-6-3-7-13-21)25-16-23-26(17-27(25)36-18-28(33)34)37-19-31(23)22-14-8-9-15-24(22)32-30(31)35/h2-17,29H,18-19H2,1H3/p+1. The lowest BCUT2D eigenvalue weighted by molar-refractivity contribution is -0.134. The van der Waals surface area contributed by atoms with E-state index in [0.717, 1.165) is 33.6 Å². The second-order valence-corrected chi connectivity index (χ2v) is 9.99. The van der Waals surface area contributed by atoms with Gasteiger partial charge < -0.3 is 14.8 Å². The lowest BCUT2D eigenvalue weighted by Crippen LogP contribution is -2.57. The molecule has 7 rings (SSSR count). The Labute approximate surface area is 214 Å². The van der Waals surface area contributed by atoms with Crippen LogP contribution < -0.4 is 19.3 Å². The summed E-state index contributed by atoms with van der Waals surface area (Å²) < 4.78 is 12.1. The molecule has 3 heterocycles. The highest BCUT2D eigenvalue weighted by Crippen LogP contribution is 2.55. The third-order valence-corrected chi connectivity index (χ3v) is 8.10. The summed E-state index contributed by atoms with van der Waals surface area (Å²) in [6.45, 7) is 0.152. The number of fused-ring (bicyclic) bond motifs is 5. The minimum Gasteiger partial charge on any atom is -0.491 e. The van der Waals surface area contributed by atoms with Gasteiger partial charge >= 0.3 is 5.91 Å². The summed E-state index contributed by atoms with van der Waals surface area (Å²) in [5.41, 5.74) is 4.23. The molecule has 6 nitrogen and oxygen atoms in total. The highest BCUT2D eigenvalue weighted by Gasteiger charge is 2.56. The summed E-state index contributed by atoms with van der Waals surface area (Å²) in [7, 11) is 1.95. The molecule has 2 unspecified atom stereocenters. The summed E-state index contributed by atoms with van der Waals surface area (Å²) in [6.07, 6.45) is 0. The first kappa shape index (κ1) is 21.8. The highest BCUT2D eigenvalue weighted by molar-refractivity contribution is 6.10. The zero-order valence-electron chi connectivity index (χ0n) is 20.3. The van der Waals surface area contributed by atoms with E-state index in [-0.39, 0.29) is 35.6 Å². The van der Waals surface area contributed by atoms with E-state index in [2.05, 4.69) is 29.6 Å². The molecule has 0 fully saturated rings. The Kier molecular flexibility index (Phi) is 4.59. The van der Waals surface area contributed by atoms with Crippen LogP contribution in [0, 0.1) is 0 Å². The van der Waals surface area contributed by atoms with Crippen LogP contribution in [0.3, 0.4) is 0 Å². The summed E-state index contributed by atoms with van der Waals surface area (Å²) in [4.78, 5) is 27.4. The van der Waals surface area contributed by atoms with Crippen LogP contribution in [0.5, 0.6) is 11.5 Å². The van der Waals surface area contributed by atoms with Crippen molar-refractivity contribution < 1.29 is 19.1 Å². The molecule has 0 aliphatic carbocycles. The van der Waals surface area contributed by atoms with Gasteiger partial charge in [-0.3, -0.25) is 4.79 Å². The van der Waals surface area contributed by atoms with Crippen molar-refractivity contribution >= 4 is 23.2 Å². The number of ether oxygens (including phenoxy) is 2. The average Bonchev–Trinajstić information content (AvgIpc) is 3.45. The number of hydrogen-bond donors (Lipinski definition) is 1. The van der Waals surface area contributed by atoms with Gasteiger partial charge in [-0.05, 0) is 11.6 Å². The Morgan fingerprint density at radius 2 is 1.43 bits per heavy atom. The topological polar surface area (TPSA) is 64.6 Å². The number of nitrogens with zero attached hydrogens (tertiary/aromatic N) is 1. The first-order valence-electron chi connectivity index (χ1n) is 12.4. The number of rotatable bonds is 3. The lowest BCUT2D eigenvalue weighted by atomic mass is 9.76. The summed E-state index contributed by atoms with van der Waals surface area (Å²) in [5.74, 6) is 1.03. The van der Waals surface area contributed by atoms with Gasteiger partial charge in [0.1, 0.15) is 17.8 Å². The van der Waals surface area contributed by atoms with Crippen molar-refractivity contribution in [1.29, 1.82) is 0 Å². The number of nitrogens with one attached hydrogen (secondary N) is 1. The van der Waals surface area contributed by atoms with E-state index >= 15 is 0 Å². The van der Waals surface area contributed by atoms with Gasteiger partial charge in [-0.2, -0.15) is 0 Å². The fourth-order valence-corrected chi connectivity index (χ4v) is 6.22. The zero-order chi connectivity index (χ0) is 25.2. The normalized spacial score (nSPS) is 23.2. The number of likely N-dealkylation sites (N-methyl/N-ethyl adjacent to an activating group) is 1. The molecule has 1 spiro atoms. The van der Waals surface area contributed by atoms with E-state index in [4.69, 9.17) is 9.47 Å². The number of carbonyl (C=O) groups excluding carboxylic acids is 2. The van der Waals surface area contributed by atoms with Crippen LogP contribution in [0.4, 0.5) is 11.4 Å². The molecule has 37 heavy (non-hydrogen) atoms. The van der Waals surface area contributed by atoms with Crippen LogP contribution in [0.2, 0.25) is 0 Å². The van der Waals surface area contributed by atoms with Crippen LogP contribution in [0.1, 0.15) is 28.3 Å². The van der Waals surface area contributed by atoms with Crippen LogP contribution in [-0.2, 0) is 15.0 Å². The molecular weight excluding hydrogens is 464 g/mol. The number of amides is 2. The fourth-order valence-electron chi connectivity index (χ4n) is 6.22. The second kappa shape index (κ2) is 7.79. The number of benzene rings is 4. The third-order valence-electron chi connectivity index (χ3n) is 8.10. The fraction of sp³-hybridized carbons (Fsp3) is 0.161. The number of anilines is 1. The minimum absolute atomic E-state index is 0.0179. The molecule has 0 bridgehead atoms. The van der Waals surface area contributed by atoms with Crippen LogP contribution >= 0.6 is 0 Å². The predicted molar refractivity (Wildman–Crippen MR) is 141 cm³/mol. The van der Waals surface area contributed by atoms with E-state index in [0.29, 0.717) is 11.5 Å². The Morgan fingerprint density at radius 1 is 0.784 bits per heavy atom. The maximum Gasteiger partial charge on any atom is 0.357 e. The molecule has 3 aliphatic rings. The Morgan fingerprint density at radius 3 is 2.14 bits per heavy atom. The Balaban J connectivity index is 1.48. The molecule has 182 valence electrons. The van der Waals surface area contributed by atoms with E-state index < -0.39 is 5.41 Å². The Hall–Kier alpha value is -4.42. The van der Waals surface area contributed by atoms with Gasteiger partial charge in [-0.1, -0.05) is 78.9 Å². The summed E-state index contributed by atoms with van der Waals surface area (Å²) in [6, 6.07) is 31.4. The number of hydrogen-bond acceptors (Lipinski definition) is 4. The first-order valence-corrected chi connectivity index (χ1v) is 12.4. The van der Waals surface area contributed by atoms with Crippen molar-refractivity contribution in [1.82, 2.24) is 4.48 Å². The molecule has 4 aromatic rings. The van der Waals surface area contributed by atoms with Crippen LogP contribution in [-0.4, -0.2) is 32.1 Å². The van der Waals surface area contributed by atoms with Crippen LogP contribution in [0.15, 0.2) is 97.1 Å². The summed E-state index contributed by atoms with van der Waals surface area (Å²) >= 11 is 0. The molecule has 0 radical (unpaired) electrons. The molecule has 2 amide bonds. The molecule has 0 saturated heterocycles. The number of quaternary nitrogens is 1. The van der Waals surface area contributed by atoms with Gasteiger partial charge in [0.25, 0.3) is 0 Å². The van der Waals surface area contributed by atoms with Crippen molar-refractivity contribution in [3.05, 3.63) is 119 Å². The van der Waals surface area contributed by atoms with Crippen molar-refractivity contribution in [3.63, 3.8) is 0 Å². The quantitative estimate of drug-likeness (QED) is 0.413. The average molecular weight is 490 g/mol. The molecule has 0 saturated carbocycles. The lowest BCUT2D eigenvalue weighted by Gasteiger charge is -2.42. The molecular formula is C31H25N2O4+. The summed E-state index contributed by atoms with van der Waals surface area (Å²) in [5, 5.41) is 3.03. The molecule has 1 N–H and O–H groups in total. The van der Waals surface area contributed by atoms with Gasteiger partial charge in [-0.15, -0.1) is 0 Å². The van der Waals surface area contributed by atoms with Crippen LogP contribution in [0.25, 0.3) is 0 Å². The van der Waals surface area contributed by atoms with Gasteiger partial charge in [-0.25, -0.2) is 9.28 Å². The SMILES string of the molecule is C[N+]1(C(c2ccccc2)c2ccccc2)C(=O)COc2cc3c(cc21)C1(CO3)C(=O)Nc2ccccc21. The highest BCUT2D eigenvalue weighted by atomic mass is 16.5. The smallest absolute Gasteiger partial charge is 0.357 e. The van der Waals surface area contributed by atoms with Crippen molar-refractivity contribution in [2.45, 2.75) is 11.5 Å². The molecule has 3 aliphatic heterocycles. The minimum atomic E-state index is -0.971. The van der Waals surface area contributed by atoms with E-state index in [9.17, 15) is 9.59 Å². The molecule has 6 heteroatoms. The predicted octanol–water partition coefficient (Wildman–Crippen LogP) is 4.96. The van der Waals surface area contributed by atoms with Crippen molar-refractivity contribution in [2.24, 2.45) is 0 Å². The maximum absolute atomic E-state index is 13.9. The number of carbonyl (C=O) groups is 2. The largest absolute Gasteiger partial charge is 0.491 e. The zero-order valence-corrected chi connectivity index (χ0v) is 20.3. The molecule has 4 aromatic carbocycles. The van der Waals surface area contributed by atoms with E-state index in [1.807, 2.05) is 79.8 Å². The van der Waals surface area contributed by atoms with Crippen molar-refractivity contribution in [2.75, 3.05) is 25.6 Å². The van der Waals surface area contributed by atoms with Gasteiger partial charge in [0, 0.05) is 34.5 Å². The maximum atomic E-state index is 13.9. The third kappa shape index (κ3) is 2.90. The Bertz CT molecular complexity index is 1530.